The Bertz CT molecular complexity index is 1230. The summed E-state index contributed by atoms with van der Waals surface area (Å²) in [5, 5.41) is 7.03. The van der Waals surface area contributed by atoms with E-state index >= 15 is 0 Å². The summed E-state index contributed by atoms with van der Waals surface area (Å²) < 4.78 is 11.8. The minimum atomic E-state index is -0.528. The fourth-order valence-electron chi connectivity index (χ4n) is 3.01. The van der Waals surface area contributed by atoms with Crippen molar-refractivity contribution >= 4 is 33.5 Å². The summed E-state index contributed by atoms with van der Waals surface area (Å²) in [5.41, 5.74) is 3.67. The van der Waals surface area contributed by atoms with Gasteiger partial charge in [-0.05, 0) is 59.3 Å². The first-order valence-electron chi connectivity index (χ1n) is 9.50. The Morgan fingerprint density at radius 3 is 2.44 bits per heavy atom. The van der Waals surface area contributed by atoms with Crippen molar-refractivity contribution in [2.75, 3.05) is 14.2 Å². The topological polar surface area (TPSA) is 115 Å². The molecule has 1 amide bonds. The van der Waals surface area contributed by atoms with Gasteiger partial charge in [0.15, 0.2) is 0 Å². The molecule has 10 heteroatoms. The molecule has 1 heterocycles. The minimum absolute atomic E-state index is 0.165. The summed E-state index contributed by atoms with van der Waals surface area (Å²) in [6, 6.07) is 13.7. The number of halogens is 1. The van der Waals surface area contributed by atoms with Crippen LogP contribution in [-0.2, 0) is 16.0 Å². The molecule has 32 heavy (non-hydrogen) atoms. The molecule has 0 unspecified atom stereocenters. The first-order chi connectivity index (χ1) is 15.3. The van der Waals surface area contributed by atoms with E-state index in [2.05, 4.69) is 31.6 Å². The number of aromatic nitrogens is 2. The van der Waals surface area contributed by atoms with Crippen molar-refractivity contribution in [1.29, 1.82) is 0 Å². The molecule has 0 radical (unpaired) electrons. The van der Waals surface area contributed by atoms with E-state index in [1.54, 1.807) is 62.6 Å². The number of rotatable bonds is 7. The van der Waals surface area contributed by atoms with Gasteiger partial charge < -0.3 is 9.47 Å². The van der Waals surface area contributed by atoms with E-state index in [0.29, 0.717) is 27.2 Å². The molecule has 0 fully saturated rings. The van der Waals surface area contributed by atoms with Gasteiger partial charge in [0.1, 0.15) is 5.75 Å². The number of amides is 1. The third-order valence-electron chi connectivity index (χ3n) is 4.65. The van der Waals surface area contributed by atoms with E-state index in [1.807, 2.05) is 0 Å². The number of hydrogen-bond acceptors (Lipinski definition) is 6. The second-order valence-corrected chi connectivity index (χ2v) is 7.53. The van der Waals surface area contributed by atoms with Gasteiger partial charge in [-0.1, -0.05) is 12.1 Å². The average Bonchev–Trinajstić information content (AvgIpc) is 3.13. The number of carbonyl (C=O) groups is 2. The zero-order valence-electron chi connectivity index (χ0n) is 17.6. The van der Waals surface area contributed by atoms with Gasteiger partial charge in [-0.3, -0.25) is 19.5 Å². The van der Waals surface area contributed by atoms with Gasteiger partial charge in [0.25, 0.3) is 11.5 Å². The lowest BCUT2D eigenvalue weighted by atomic mass is 10.1. The number of ether oxygens (including phenoxy) is 2. The lowest BCUT2D eigenvalue weighted by Gasteiger charge is -2.04. The summed E-state index contributed by atoms with van der Waals surface area (Å²) in [7, 11) is 2.81. The molecule has 2 N–H and O–H groups in total. The second-order valence-electron chi connectivity index (χ2n) is 6.67. The highest BCUT2D eigenvalue weighted by atomic mass is 79.9. The number of benzene rings is 2. The fraction of sp³-hybridized carbons (Fsp3) is 0.182. The zero-order valence-corrected chi connectivity index (χ0v) is 19.2. The quantitative estimate of drug-likeness (QED) is 0.294. The Hall–Kier alpha value is -3.66. The number of nitrogens with zero attached hydrogens (tertiary/aromatic N) is 2. The van der Waals surface area contributed by atoms with Crippen LogP contribution in [0.25, 0.3) is 5.69 Å². The first kappa shape index (κ1) is 23.0. The van der Waals surface area contributed by atoms with Crippen molar-refractivity contribution in [3.8, 4) is 11.4 Å². The SMILES string of the molecule is COC(=O)Cc1[nH]n(-c2ccc(OC)cc2)c(=O)c1C(C)=NNC(=O)c1ccccc1Br. The van der Waals surface area contributed by atoms with E-state index in [1.165, 1.54) is 11.8 Å². The third-order valence-corrected chi connectivity index (χ3v) is 5.34. The van der Waals surface area contributed by atoms with Crippen LogP contribution in [-0.4, -0.2) is 41.6 Å². The Labute approximate surface area is 192 Å². The third kappa shape index (κ3) is 4.97. The summed E-state index contributed by atoms with van der Waals surface area (Å²) in [4.78, 5) is 37.5. The van der Waals surface area contributed by atoms with Crippen LogP contribution in [0.15, 0.2) is 62.9 Å². The van der Waals surface area contributed by atoms with E-state index < -0.39 is 17.4 Å². The van der Waals surface area contributed by atoms with Crippen LogP contribution in [0.5, 0.6) is 5.75 Å². The lowest BCUT2D eigenvalue weighted by Crippen LogP contribution is -2.24. The van der Waals surface area contributed by atoms with E-state index in [9.17, 15) is 14.4 Å². The molecule has 1 aromatic heterocycles. The van der Waals surface area contributed by atoms with Crippen LogP contribution in [0.2, 0.25) is 0 Å². The molecule has 0 aliphatic heterocycles. The number of hydrogen-bond donors (Lipinski definition) is 2. The smallest absolute Gasteiger partial charge is 0.311 e. The van der Waals surface area contributed by atoms with Crippen molar-refractivity contribution in [2.24, 2.45) is 5.10 Å². The van der Waals surface area contributed by atoms with Crippen LogP contribution in [0, 0.1) is 0 Å². The molecule has 3 rings (SSSR count). The molecule has 0 spiro atoms. The van der Waals surface area contributed by atoms with Crippen LogP contribution in [0.3, 0.4) is 0 Å². The molecular weight excluding hydrogens is 480 g/mol. The fourth-order valence-corrected chi connectivity index (χ4v) is 3.47. The highest BCUT2D eigenvalue weighted by molar-refractivity contribution is 9.10. The Kier molecular flexibility index (Phi) is 7.26. The van der Waals surface area contributed by atoms with Crippen molar-refractivity contribution < 1.29 is 19.1 Å². The molecule has 0 bridgehead atoms. The maximum absolute atomic E-state index is 13.2. The monoisotopic (exact) mass is 500 g/mol. The molecule has 0 aliphatic rings. The van der Waals surface area contributed by atoms with Crippen LogP contribution >= 0.6 is 15.9 Å². The number of aromatic amines is 1. The Morgan fingerprint density at radius 1 is 1.12 bits per heavy atom. The Balaban J connectivity index is 1.98. The maximum Gasteiger partial charge on any atom is 0.311 e. The van der Waals surface area contributed by atoms with Crippen molar-refractivity contribution in [2.45, 2.75) is 13.3 Å². The van der Waals surface area contributed by atoms with Crippen molar-refractivity contribution in [3.63, 3.8) is 0 Å². The predicted molar refractivity (Wildman–Crippen MR) is 122 cm³/mol. The van der Waals surface area contributed by atoms with Gasteiger partial charge in [-0.25, -0.2) is 10.1 Å². The Morgan fingerprint density at radius 2 is 1.81 bits per heavy atom. The predicted octanol–water partition coefficient (Wildman–Crippen LogP) is 2.81. The molecule has 0 aliphatic carbocycles. The number of hydrazone groups is 1. The highest BCUT2D eigenvalue weighted by Crippen LogP contribution is 2.17. The maximum atomic E-state index is 13.2. The molecule has 0 atom stereocenters. The van der Waals surface area contributed by atoms with Gasteiger partial charge in [-0.2, -0.15) is 5.10 Å². The number of H-pyrrole nitrogens is 1. The summed E-state index contributed by atoms with van der Waals surface area (Å²) >= 11 is 3.32. The number of esters is 1. The second kappa shape index (κ2) is 10.1. The van der Waals surface area contributed by atoms with Gasteiger partial charge in [0.05, 0.1) is 48.9 Å². The molecule has 2 aromatic carbocycles. The van der Waals surface area contributed by atoms with Crippen LogP contribution < -0.4 is 15.7 Å². The van der Waals surface area contributed by atoms with Crippen LogP contribution in [0.4, 0.5) is 0 Å². The van der Waals surface area contributed by atoms with Crippen LogP contribution in [0.1, 0.15) is 28.5 Å². The zero-order chi connectivity index (χ0) is 23.3. The number of carbonyl (C=O) groups excluding carboxylic acids is 2. The van der Waals surface area contributed by atoms with Crippen molar-refractivity contribution in [3.05, 3.63) is 80.2 Å². The highest BCUT2D eigenvalue weighted by Gasteiger charge is 2.21. The number of methoxy groups -OCH3 is 2. The molecular formula is C22H21BrN4O5. The summed E-state index contributed by atoms with van der Waals surface area (Å²) in [6.45, 7) is 1.57. The molecule has 166 valence electrons. The standard InChI is InChI=1S/C22H21BrN4O5/c1-13(24-25-21(29)16-6-4-5-7-17(16)23)20-18(12-19(28)32-3)26-27(22(20)30)14-8-10-15(31-2)11-9-14/h4-11,26H,12H2,1-3H3,(H,25,29). The average molecular weight is 501 g/mol. The van der Waals surface area contributed by atoms with E-state index in [-0.39, 0.29) is 17.7 Å². The summed E-state index contributed by atoms with van der Waals surface area (Å²) in [5.74, 6) is -0.340. The molecule has 0 saturated heterocycles. The van der Waals surface area contributed by atoms with Crippen molar-refractivity contribution in [1.82, 2.24) is 15.2 Å². The first-order valence-corrected chi connectivity index (χ1v) is 10.3. The van der Waals surface area contributed by atoms with Gasteiger partial charge in [0, 0.05) is 4.47 Å². The van der Waals surface area contributed by atoms with Gasteiger partial charge >= 0.3 is 5.97 Å². The van der Waals surface area contributed by atoms with E-state index in [0.717, 1.165) is 0 Å². The largest absolute Gasteiger partial charge is 0.497 e. The van der Waals surface area contributed by atoms with Gasteiger partial charge in [-0.15, -0.1) is 0 Å². The number of nitrogens with one attached hydrogen (secondary N) is 2. The summed E-state index contributed by atoms with van der Waals surface area (Å²) in [6.07, 6.45) is -0.171. The molecule has 9 nitrogen and oxygen atoms in total. The normalized spacial score (nSPS) is 11.2. The molecule has 3 aromatic rings. The van der Waals surface area contributed by atoms with Gasteiger partial charge in [0.2, 0.25) is 0 Å². The lowest BCUT2D eigenvalue weighted by molar-refractivity contribution is -0.139. The minimum Gasteiger partial charge on any atom is -0.497 e. The van der Waals surface area contributed by atoms with E-state index in [4.69, 9.17) is 9.47 Å². The molecule has 0 saturated carbocycles.